The lowest BCUT2D eigenvalue weighted by Crippen LogP contribution is -2.39. The number of sulfonamides is 1. The highest BCUT2D eigenvalue weighted by atomic mass is 35.5. The largest absolute Gasteiger partial charge is 0.271 e. The minimum Gasteiger partial charge on any atom is -0.271 e. The number of carbonyl (C=O) groups excluding carboxylic acids is 1. The highest BCUT2D eigenvalue weighted by molar-refractivity contribution is 7.92. The van der Waals surface area contributed by atoms with Gasteiger partial charge in [-0.2, -0.15) is 5.10 Å². The van der Waals surface area contributed by atoms with Crippen molar-refractivity contribution in [1.29, 1.82) is 0 Å². The summed E-state index contributed by atoms with van der Waals surface area (Å²) in [5.41, 5.74) is 3.10. The van der Waals surface area contributed by atoms with Crippen molar-refractivity contribution in [2.75, 3.05) is 17.1 Å². The molecule has 0 fully saturated rings. The van der Waals surface area contributed by atoms with Crippen LogP contribution in [-0.4, -0.2) is 32.8 Å². The summed E-state index contributed by atoms with van der Waals surface area (Å²) >= 11 is 13.4. The summed E-state index contributed by atoms with van der Waals surface area (Å²) in [6.45, 7) is 1.27. The third kappa shape index (κ3) is 5.43. The number of hydrogen-bond donors (Lipinski definition) is 1. The Morgan fingerprint density at radius 3 is 2.64 bits per heavy atom. The van der Waals surface area contributed by atoms with Gasteiger partial charge < -0.3 is 0 Å². The molecule has 25 heavy (non-hydrogen) atoms. The summed E-state index contributed by atoms with van der Waals surface area (Å²) in [4.78, 5) is 13.0. The number of halogens is 2. The molecule has 2 rings (SSSR count). The third-order valence-corrected chi connectivity index (χ3v) is 5.75. The highest BCUT2D eigenvalue weighted by Crippen LogP contribution is 2.30. The zero-order valence-corrected chi connectivity index (χ0v) is 16.5. The first-order chi connectivity index (χ1) is 11.7. The van der Waals surface area contributed by atoms with Crippen LogP contribution in [0.1, 0.15) is 11.8 Å². The lowest BCUT2D eigenvalue weighted by molar-refractivity contribution is -0.119. The Balaban J connectivity index is 2.19. The minimum atomic E-state index is -3.75. The fourth-order valence-corrected chi connectivity index (χ4v) is 3.88. The van der Waals surface area contributed by atoms with E-state index in [1.54, 1.807) is 6.92 Å². The van der Waals surface area contributed by atoms with E-state index in [-0.39, 0.29) is 10.7 Å². The second kappa shape index (κ2) is 8.18. The van der Waals surface area contributed by atoms with E-state index >= 15 is 0 Å². The second-order valence-electron chi connectivity index (χ2n) is 5.07. The van der Waals surface area contributed by atoms with E-state index in [0.717, 1.165) is 15.4 Å². The first-order valence-corrected chi connectivity index (χ1v) is 10.5. The molecule has 0 saturated heterocycles. The lowest BCUT2D eigenvalue weighted by Gasteiger charge is -2.22. The molecule has 0 aliphatic carbocycles. The first-order valence-electron chi connectivity index (χ1n) is 6.98. The van der Waals surface area contributed by atoms with Gasteiger partial charge in [0.25, 0.3) is 5.91 Å². The molecule has 0 aliphatic heterocycles. The summed E-state index contributed by atoms with van der Waals surface area (Å²) in [6, 6.07) is 8.12. The molecule has 134 valence electrons. The molecule has 10 heteroatoms. The van der Waals surface area contributed by atoms with Gasteiger partial charge >= 0.3 is 0 Å². The maximum Gasteiger partial charge on any atom is 0.260 e. The highest BCUT2D eigenvalue weighted by Gasteiger charge is 2.23. The van der Waals surface area contributed by atoms with Gasteiger partial charge in [-0.3, -0.25) is 9.10 Å². The van der Waals surface area contributed by atoms with Crippen LogP contribution in [0, 0.1) is 0 Å². The maximum absolute atomic E-state index is 12.1. The number of nitrogens with one attached hydrogen (secondary N) is 1. The van der Waals surface area contributed by atoms with Crippen molar-refractivity contribution in [2.45, 2.75) is 6.92 Å². The molecule has 0 atom stereocenters. The van der Waals surface area contributed by atoms with E-state index in [9.17, 15) is 13.2 Å². The minimum absolute atomic E-state index is 0.130. The molecule has 1 aromatic heterocycles. The number of hydrazone groups is 1. The molecule has 1 aromatic carbocycles. The van der Waals surface area contributed by atoms with Crippen LogP contribution < -0.4 is 9.73 Å². The van der Waals surface area contributed by atoms with Crippen LogP contribution in [0.15, 0.2) is 40.8 Å². The summed E-state index contributed by atoms with van der Waals surface area (Å²) in [5, 5.41) is 6.35. The van der Waals surface area contributed by atoms with Gasteiger partial charge in [0.15, 0.2) is 0 Å². The van der Waals surface area contributed by atoms with Gasteiger partial charge in [0, 0.05) is 9.90 Å². The molecule has 0 unspecified atom stereocenters. The topological polar surface area (TPSA) is 78.8 Å². The van der Waals surface area contributed by atoms with Gasteiger partial charge in [-0.05, 0) is 36.6 Å². The number of rotatable bonds is 6. The van der Waals surface area contributed by atoms with Gasteiger partial charge in [0.2, 0.25) is 10.0 Å². The number of hydrogen-bond acceptors (Lipinski definition) is 5. The molecule has 1 heterocycles. The summed E-state index contributed by atoms with van der Waals surface area (Å²) in [5.74, 6) is -0.600. The zero-order chi connectivity index (χ0) is 18.6. The quantitative estimate of drug-likeness (QED) is 0.575. The van der Waals surface area contributed by atoms with Crippen molar-refractivity contribution < 1.29 is 13.2 Å². The van der Waals surface area contributed by atoms with Gasteiger partial charge in [0.05, 0.1) is 22.7 Å². The molecule has 0 saturated carbocycles. The average molecular weight is 420 g/mol. The standard InChI is InChI=1S/C15H15Cl2N3O3S2/c1-10(14-4-3-7-24-14)18-19-15(21)9-20(25(2,22)23)13-8-11(16)5-6-12(13)17/h3-8H,9H2,1-2H3,(H,19,21)/b18-10-. The van der Waals surface area contributed by atoms with Crippen LogP contribution in [0.2, 0.25) is 10.0 Å². The molecule has 1 amide bonds. The first kappa shape index (κ1) is 19.7. The SMILES string of the molecule is C/C(=N/NC(=O)CN(c1cc(Cl)ccc1Cl)S(C)(=O)=O)c1cccs1. The second-order valence-corrected chi connectivity index (χ2v) is 8.77. The number of amides is 1. The third-order valence-electron chi connectivity index (χ3n) is 3.09. The van der Waals surface area contributed by atoms with Crippen molar-refractivity contribution >= 4 is 61.9 Å². The molecule has 0 aliphatic rings. The fourth-order valence-electron chi connectivity index (χ4n) is 1.91. The van der Waals surface area contributed by atoms with E-state index < -0.39 is 22.5 Å². The monoisotopic (exact) mass is 419 g/mol. The fraction of sp³-hybridized carbons (Fsp3) is 0.200. The van der Waals surface area contributed by atoms with Gasteiger partial charge in [-0.1, -0.05) is 29.3 Å². The van der Waals surface area contributed by atoms with Crippen LogP contribution in [0.5, 0.6) is 0 Å². The average Bonchev–Trinajstić information content (AvgIpc) is 3.06. The van der Waals surface area contributed by atoms with E-state index in [0.29, 0.717) is 10.7 Å². The number of anilines is 1. The van der Waals surface area contributed by atoms with Gasteiger partial charge in [0.1, 0.15) is 6.54 Å². The Kier molecular flexibility index (Phi) is 6.45. The van der Waals surface area contributed by atoms with Crippen LogP contribution in [0.4, 0.5) is 5.69 Å². The Morgan fingerprint density at radius 2 is 2.04 bits per heavy atom. The predicted octanol–water partition coefficient (Wildman–Crippen LogP) is 3.36. The number of thiophene rings is 1. The van der Waals surface area contributed by atoms with Crippen molar-refractivity contribution in [3.8, 4) is 0 Å². The molecule has 0 radical (unpaired) electrons. The van der Waals surface area contributed by atoms with Gasteiger partial charge in [-0.15, -0.1) is 11.3 Å². The van der Waals surface area contributed by atoms with E-state index in [2.05, 4.69) is 10.5 Å². The van der Waals surface area contributed by atoms with Crippen LogP contribution in [0.3, 0.4) is 0 Å². The molecule has 2 aromatic rings. The number of benzene rings is 1. The van der Waals surface area contributed by atoms with Crippen molar-refractivity contribution in [3.05, 3.63) is 50.6 Å². The summed E-state index contributed by atoms with van der Waals surface area (Å²) in [6.07, 6.45) is 0.984. The Morgan fingerprint density at radius 1 is 1.32 bits per heavy atom. The maximum atomic E-state index is 12.1. The Bertz CT molecular complexity index is 897. The van der Waals surface area contributed by atoms with Crippen molar-refractivity contribution in [1.82, 2.24) is 5.43 Å². The molecule has 0 bridgehead atoms. The Hall–Kier alpha value is -1.61. The van der Waals surface area contributed by atoms with E-state index in [4.69, 9.17) is 23.2 Å². The van der Waals surface area contributed by atoms with Crippen molar-refractivity contribution in [3.63, 3.8) is 0 Å². The molecular formula is C15H15Cl2N3O3S2. The number of carbonyl (C=O) groups is 1. The number of nitrogens with zero attached hydrogens (tertiary/aromatic N) is 2. The molecular weight excluding hydrogens is 405 g/mol. The van der Waals surface area contributed by atoms with E-state index in [1.165, 1.54) is 29.5 Å². The molecule has 1 N–H and O–H groups in total. The lowest BCUT2D eigenvalue weighted by atomic mass is 10.3. The summed E-state index contributed by atoms with van der Waals surface area (Å²) in [7, 11) is -3.75. The van der Waals surface area contributed by atoms with E-state index in [1.807, 2.05) is 17.5 Å². The van der Waals surface area contributed by atoms with Crippen molar-refractivity contribution in [2.24, 2.45) is 5.10 Å². The molecule has 0 spiro atoms. The summed E-state index contributed by atoms with van der Waals surface area (Å²) < 4.78 is 25.0. The Labute approximate surface area is 160 Å². The van der Waals surface area contributed by atoms with Crippen LogP contribution in [0.25, 0.3) is 0 Å². The normalized spacial score (nSPS) is 12.1. The molecule has 6 nitrogen and oxygen atoms in total. The smallest absolute Gasteiger partial charge is 0.260 e. The van der Waals surface area contributed by atoms with Gasteiger partial charge in [-0.25, -0.2) is 13.8 Å². The van der Waals surface area contributed by atoms with Crippen LogP contribution in [-0.2, 0) is 14.8 Å². The predicted molar refractivity (Wildman–Crippen MR) is 103 cm³/mol. The van der Waals surface area contributed by atoms with Crippen LogP contribution >= 0.6 is 34.5 Å². The zero-order valence-electron chi connectivity index (χ0n) is 13.4.